The van der Waals surface area contributed by atoms with Crippen LogP contribution in [0.3, 0.4) is 0 Å². The molecule has 3 nitrogen and oxygen atoms in total. The normalized spacial score (nSPS) is 10.4. The van der Waals surface area contributed by atoms with Crippen molar-refractivity contribution in [3.63, 3.8) is 0 Å². The molecule has 0 aliphatic heterocycles. The molecule has 0 aliphatic carbocycles. The number of nitrogens with zero attached hydrogens (tertiary/aromatic N) is 2. The molecule has 0 fully saturated rings. The summed E-state index contributed by atoms with van der Waals surface area (Å²) in [5.74, 6) is -0.0120. The van der Waals surface area contributed by atoms with Gasteiger partial charge in [0, 0.05) is 25.0 Å². The van der Waals surface area contributed by atoms with Gasteiger partial charge in [-0.3, -0.25) is 4.79 Å². The van der Waals surface area contributed by atoms with Crippen LogP contribution in [0.15, 0.2) is 29.6 Å². The Morgan fingerprint density at radius 2 is 1.94 bits per heavy atom. The predicted molar refractivity (Wildman–Crippen MR) is 75.7 cm³/mol. The summed E-state index contributed by atoms with van der Waals surface area (Å²) < 4.78 is 0. The lowest BCUT2D eigenvalue weighted by Crippen LogP contribution is -2.09. The average molecular weight is 260 g/mol. The number of hydrogen-bond donors (Lipinski definition) is 0. The number of thiazole rings is 1. The summed E-state index contributed by atoms with van der Waals surface area (Å²) in [5.41, 5.74) is 2.45. The second-order valence-electron chi connectivity index (χ2n) is 4.29. The molecule has 1 aromatic carbocycles. The SMILES string of the molecule is CCc1ccc(C(=O)c2csc(N(C)C)n2)cc1. The first-order chi connectivity index (χ1) is 8.61. The molecule has 0 radical (unpaired) electrons. The summed E-state index contributed by atoms with van der Waals surface area (Å²) >= 11 is 1.48. The summed E-state index contributed by atoms with van der Waals surface area (Å²) in [6.45, 7) is 2.10. The highest BCUT2D eigenvalue weighted by Gasteiger charge is 2.13. The third-order valence-corrected chi connectivity index (χ3v) is 3.74. The van der Waals surface area contributed by atoms with Crippen molar-refractivity contribution in [1.82, 2.24) is 4.98 Å². The van der Waals surface area contributed by atoms with E-state index < -0.39 is 0 Å². The monoisotopic (exact) mass is 260 g/mol. The van der Waals surface area contributed by atoms with E-state index in [1.807, 2.05) is 48.6 Å². The molecule has 0 N–H and O–H groups in total. The number of carbonyl (C=O) groups excluding carboxylic acids is 1. The van der Waals surface area contributed by atoms with Crippen molar-refractivity contribution in [1.29, 1.82) is 0 Å². The number of ketones is 1. The summed E-state index contributed by atoms with van der Waals surface area (Å²) in [6, 6.07) is 7.73. The smallest absolute Gasteiger partial charge is 0.212 e. The van der Waals surface area contributed by atoms with Gasteiger partial charge in [-0.2, -0.15) is 0 Å². The quantitative estimate of drug-likeness (QED) is 0.792. The van der Waals surface area contributed by atoms with Crippen LogP contribution in [0.25, 0.3) is 0 Å². The van der Waals surface area contributed by atoms with Crippen molar-refractivity contribution in [3.8, 4) is 0 Å². The zero-order valence-electron chi connectivity index (χ0n) is 10.8. The van der Waals surface area contributed by atoms with Gasteiger partial charge in [-0.05, 0) is 12.0 Å². The lowest BCUT2D eigenvalue weighted by molar-refractivity contribution is 0.103. The third kappa shape index (κ3) is 2.59. The first-order valence-electron chi connectivity index (χ1n) is 5.88. The maximum atomic E-state index is 12.2. The highest BCUT2D eigenvalue weighted by molar-refractivity contribution is 7.13. The molecule has 1 heterocycles. The summed E-state index contributed by atoms with van der Waals surface area (Å²) in [4.78, 5) is 18.4. The Bertz CT molecular complexity index is 543. The fraction of sp³-hybridized carbons (Fsp3) is 0.286. The van der Waals surface area contributed by atoms with Gasteiger partial charge in [0.2, 0.25) is 5.78 Å². The Morgan fingerprint density at radius 3 is 2.44 bits per heavy atom. The van der Waals surface area contributed by atoms with E-state index in [9.17, 15) is 4.79 Å². The zero-order valence-corrected chi connectivity index (χ0v) is 11.6. The number of aromatic nitrogens is 1. The molecular weight excluding hydrogens is 244 g/mol. The van der Waals surface area contributed by atoms with E-state index in [0.717, 1.165) is 11.6 Å². The number of carbonyl (C=O) groups is 1. The Labute approximate surface area is 111 Å². The van der Waals surface area contributed by atoms with Gasteiger partial charge in [0.15, 0.2) is 5.13 Å². The van der Waals surface area contributed by atoms with Gasteiger partial charge in [0.25, 0.3) is 0 Å². The predicted octanol–water partition coefficient (Wildman–Crippen LogP) is 3.00. The first kappa shape index (κ1) is 12.8. The van der Waals surface area contributed by atoms with Crippen LogP contribution in [-0.4, -0.2) is 24.9 Å². The van der Waals surface area contributed by atoms with Crippen molar-refractivity contribution >= 4 is 22.3 Å². The third-order valence-electron chi connectivity index (χ3n) is 2.73. The highest BCUT2D eigenvalue weighted by atomic mass is 32.1. The van der Waals surface area contributed by atoms with E-state index in [1.54, 1.807) is 0 Å². The molecule has 0 atom stereocenters. The van der Waals surface area contributed by atoms with Gasteiger partial charge in [-0.15, -0.1) is 11.3 Å². The topological polar surface area (TPSA) is 33.2 Å². The van der Waals surface area contributed by atoms with Gasteiger partial charge in [-0.1, -0.05) is 31.2 Å². The van der Waals surface area contributed by atoms with Crippen LogP contribution in [0.2, 0.25) is 0 Å². The maximum Gasteiger partial charge on any atom is 0.212 e. The molecule has 2 rings (SSSR count). The van der Waals surface area contributed by atoms with Gasteiger partial charge in [0.1, 0.15) is 5.69 Å². The van der Waals surface area contributed by atoms with Crippen LogP contribution in [0, 0.1) is 0 Å². The maximum absolute atomic E-state index is 12.2. The molecule has 0 saturated heterocycles. The van der Waals surface area contributed by atoms with Crippen molar-refractivity contribution in [2.24, 2.45) is 0 Å². The number of aryl methyl sites for hydroxylation is 1. The van der Waals surface area contributed by atoms with Crippen LogP contribution >= 0.6 is 11.3 Å². The van der Waals surface area contributed by atoms with Crippen LogP contribution in [-0.2, 0) is 6.42 Å². The molecule has 0 unspecified atom stereocenters. The van der Waals surface area contributed by atoms with E-state index >= 15 is 0 Å². The van der Waals surface area contributed by atoms with Gasteiger partial charge in [0.05, 0.1) is 0 Å². The fourth-order valence-electron chi connectivity index (χ4n) is 1.61. The van der Waals surface area contributed by atoms with Crippen molar-refractivity contribution in [2.75, 3.05) is 19.0 Å². The van der Waals surface area contributed by atoms with Crippen LogP contribution < -0.4 is 4.90 Å². The number of hydrogen-bond acceptors (Lipinski definition) is 4. The minimum Gasteiger partial charge on any atom is -0.354 e. The number of anilines is 1. The Balaban J connectivity index is 2.23. The summed E-state index contributed by atoms with van der Waals surface area (Å²) in [5, 5.41) is 2.66. The fourth-order valence-corrected chi connectivity index (χ4v) is 2.35. The van der Waals surface area contributed by atoms with E-state index in [0.29, 0.717) is 11.3 Å². The molecule has 0 bridgehead atoms. The van der Waals surface area contributed by atoms with Crippen molar-refractivity contribution in [3.05, 3.63) is 46.5 Å². The first-order valence-corrected chi connectivity index (χ1v) is 6.76. The second kappa shape index (κ2) is 5.31. The summed E-state index contributed by atoms with van der Waals surface area (Å²) in [6.07, 6.45) is 0.982. The largest absolute Gasteiger partial charge is 0.354 e. The standard InChI is InChI=1S/C14H16N2OS/c1-4-10-5-7-11(8-6-10)13(17)12-9-18-14(15-12)16(2)3/h5-9H,4H2,1-3H3. The van der Waals surface area contributed by atoms with Gasteiger partial charge in [-0.25, -0.2) is 4.98 Å². The van der Waals surface area contributed by atoms with Gasteiger partial charge >= 0.3 is 0 Å². The Morgan fingerprint density at radius 1 is 1.28 bits per heavy atom. The van der Waals surface area contributed by atoms with E-state index in [-0.39, 0.29) is 5.78 Å². The molecule has 0 aliphatic rings. The molecule has 94 valence electrons. The highest BCUT2D eigenvalue weighted by Crippen LogP contribution is 2.20. The van der Waals surface area contributed by atoms with E-state index in [1.165, 1.54) is 16.9 Å². The van der Waals surface area contributed by atoms with Crippen LogP contribution in [0.5, 0.6) is 0 Å². The van der Waals surface area contributed by atoms with E-state index in [2.05, 4.69) is 11.9 Å². The molecule has 0 spiro atoms. The lowest BCUT2D eigenvalue weighted by Gasteiger charge is -2.05. The van der Waals surface area contributed by atoms with Gasteiger partial charge < -0.3 is 4.90 Å². The Hall–Kier alpha value is -1.68. The summed E-state index contributed by atoms with van der Waals surface area (Å²) in [7, 11) is 3.84. The van der Waals surface area contributed by atoms with Crippen LogP contribution in [0.1, 0.15) is 28.5 Å². The van der Waals surface area contributed by atoms with Crippen molar-refractivity contribution in [2.45, 2.75) is 13.3 Å². The van der Waals surface area contributed by atoms with Crippen LogP contribution in [0.4, 0.5) is 5.13 Å². The zero-order chi connectivity index (χ0) is 13.1. The minimum absolute atomic E-state index is 0.0120. The molecule has 4 heteroatoms. The number of rotatable bonds is 4. The minimum atomic E-state index is -0.0120. The average Bonchev–Trinajstić information content (AvgIpc) is 2.88. The molecule has 0 saturated carbocycles. The second-order valence-corrected chi connectivity index (χ2v) is 5.13. The lowest BCUT2D eigenvalue weighted by atomic mass is 10.1. The molecule has 0 amide bonds. The molecule has 2 aromatic rings. The van der Waals surface area contributed by atoms with Crippen molar-refractivity contribution < 1.29 is 4.79 Å². The molecular formula is C14H16N2OS. The van der Waals surface area contributed by atoms with E-state index in [4.69, 9.17) is 0 Å². The molecule has 18 heavy (non-hydrogen) atoms. The molecule has 1 aromatic heterocycles. The Kier molecular flexibility index (Phi) is 3.77. The number of benzene rings is 1.